The molecule has 2 aromatic rings. The number of carbonyl (C=O) groups is 3. The Morgan fingerprint density at radius 2 is 2.11 bits per heavy atom. The van der Waals surface area contributed by atoms with Crippen molar-refractivity contribution in [1.82, 2.24) is 20.4 Å². The van der Waals surface area contributed by atoms with Crippen LogP contribution in [0.5, 0.6) is 0 Å². The highest BCUT2D eigenvalue weighted by atomic mass is 16.2. The van der Waals surface area contributed by atoms with Gasteiger partial charge < -0.3 is 15.5 Å². The molecule has 1 aromatic carbocycles. The summed E-state index contributed by atoms with van der Waals surface area (Å²) < 4.78 is 0. The van der Waals surface area contributed by atoms with Crippen molar-refractivity contribution in [3.63, 3.8) is 0 Å². The minimum Gasteiger partial charge on any atom is -0.335 e. The Balaban J connectivity index is 1.61. The van der Waals surface area contributed by atoms with Gasteiger partial charge in [0.25, 0.3) is 5.91 Å². The number of likely N-dealkylation sites (N-methyl/N-ethyl adjacent to an activating group) is 1. The number of rotatable bonds is 5. The van der Waals surface area contributed by atoms with Crippen LogP contribution in [0.1, 0.15) is 18.3 Å². The van der Waals surface area contributed by atoms with E-state index in [9.17, 15) is 14.4 Å². The van der Waals surface area contributed by atoms with Crippen LogP contribution in [0.2, 0.25) is 0 Å². The molecule has 1 aliphatic heterocycles. The van der Waals surface area contributed by atoms with Crippen molar-refractivity contribution < 1.29 is 14.4 Å². The lowest BCUT2D eigenvalue weighted by Gasteiger charge is -2.16. The largest absolute Gasteiger partial charge is 0.335 e. The molecule has 3 N–H and O–H groups in total. The zero-order chi connectivity index (χ0) is 19.6. The molecule has 1 saturated heterocycles. The number of hydrogen-bond acceptors (Lipinski definition) is 4. The predicted octanol–water partition coefficient (Wildman–Crippen LogP) is 1.87. The van der Waals surface area contributed by atoms with Crippen LogP contribution in [-0.2, 0) is 11.2 Å². The summed E-state index contributed by atoms with van der Waals surface area (Å²) in [5.41, 5.74) is 2.75. The van der Waals surface area contributed by atoms with Crippen molar-refractivity contribution in [2.45, 2.75) is 26.3 Å². The summed E-state index contributed by atoms with van der Waals surface area (Å²) in [6, 6.07) is 7.68. The van der Waals surface area contributed by atoms with E-state index in [1.165, 1.54) is 4.90 Å². The minimum absolute atomic E-state index is 0.0428. The van der Waals surface area contributed by atoms with Crippen LogP contribution < -0.4 is 15.5 Å². The van der Waals surface area contributed by atoms with Crippen LogP contribution in [0.15, 0.2) is 30.3 Å². The third-order valence-electron chi connectivity index (χ3n) is 4.15. The van der Waals surface area contributed by atoms with E-state index >= 15 is 0 Å². The number of hydrogen-bond donors (Lipinski definition) is 3. The normalized spacial score (nSPS) is 15.2. The molecule has 1 aliphatic rings. The summed E-state index contributed by atoms with van der Waals surface area (Å²) in [4.78, 5) is 38.8. The zero-order valence-electron chi connectivity index (χ0n) is 15.4. The number of urea groups is 2. The lowest BCUT2D eigenvalue weighted by Crippen LogP contribution is -2.37. The number of H-pyrrole nitrogens is 1. The summed E-state index contributed by atoms with van der Waals surface area (Å²) in [6.07, 6.45) is 0.598. The van der Waals surface area contributed by atoms with Gasteiger partial charge in [0.05, 0.1) is 11.4 Å². The lowest BCUT2D eigenvalue weighted by molar-refractivity contribution is -0.116. The first kappa shape index (κ1) is 18.4. The maximum absolute atomic E-state index is 12.2. The van der Waals surface area contributed by atoms with E-state index in [0.717, 1.165) is 16.3 Å². The Hall–Kier alpha value is -3.36. The van der Waals surface area contributed by atoms with Gasteiger partial charge in [-0.3, -0.25) is 9.89 Å². The van der Waals surface area contributed by atoms with Crippen molar-refractivity contribution in [2.24, 2.45) is 0 Å². The SMILES string of the molecule is Cc1cc(CC(C)NC(=O)Nc2cccc(N3C(=O)CN(C)C3=O)c2)n[nH]1. The number of aryl methyl sites for hydroxylation is 1. The number of aromatic amines is 1. The molecule has 0 radical (unpaired) electrons. The third kappa shape index (κ3) is 4.25. The Labute approximate surface area is 156 Å². The molecule has 142 valence electrons. The van der Waals surface area contributed by atoms with Gasteiger partial charge in [0.2, 0.25) is 0 Å². The quantitative estimate of drug-likeness (QED) is 0.698. The number of nitrogens with one attached hydrogen (secondary N) is 3. The molecule has 5 amide bonds. The standard InChI is InChI=1S/C18H22N6O3/c1-11(7-14-8-12(2)21-22-14)19-17(26)20-13-5-4-6-15(9-13)24-16(25)10-23(3)18(24)27/h4-6,8-9,11H,7,10H2,1-3H3,(H,21,22)(H2,19,20,26). The Morgan fingerprint density at radius 3 is 2.74 bits per heavy atom. The van der Waals surface area contributed by atoms with Gasteiger partial charge in [-0.25, -0.2) is 14.5 Å². The van der Waals surface area contributed by atoms with Gasteiger partial charge in [0.15, 0.2) is 0 Å². The number of imide groups is 1. The first-order chi connectivity index (χ1) is 12.8. The molecule has 2 heterocycles. The number of aromatic nitrogens is 2. The van der Waals surface area contributed by atoms with Gasteiger partial charge in [0.1, 0.15) is 6.54 Å². The van der Waals surface area contributed by atoms with Crippen LogP contribution in [0.4, 0.5) is 21.0 Å². The van der Waals surface area contributed by atoms with Crippen LogP contribution in [0.3, 0.4) is 0 Å². The minimum atomic E-state index is -0.385. The fourth-order valence-electron chi connectivity index (χ4n) is 2.93. The van der Waals surface area contributed by atoms with Crippen molar-refractivity contribution >= 4 is 29.3 Å². The third-order valence-corrected chi connectivity index (χ3v) is 4.15. The molecule has 0 saturated carbocycles. The van der Waals surface area contributed by atoms with Crippen molar-refractivity contribution in [3.8, 4) is 0 Å². The number of carbonyl (C=O) groups excluding carboxylic acids is 3. The van der Waals surface area contributed by atoms with Crippen molar-refractivity contribution in [2.75, 3.05) is 23.8 Å². The van der Waals surface area contributed by atoms with E-state index in [1.807, 2.05) is 19.9 Å². The average molecular weight is 370 g/mol. The Morgan fingerprint density at radius 1 is 1.33 bits per heavy atom. The van der Waals surface area contributed by atoms with E-state index < -0.39 is 0 Å². The Bertz CT molecular complexity index is 877. The predicted molar refractivity (Wildman–Crippen MR) is 101 cm³/mol. The molecule has 3 rings (SSSR count). The van der Waals surface area contributed by atoms with Gasteiger partial charge in [-0.05, 0) is 38.1 Å². The molecule has 1 unspecified atom stereocenters. The van der Waals surface area contributed by atoms with Gasteiger partial charge in [-0.1, -0.05) is 6.07 Å². The zero-order valence-corrected chi connectivity index (χ0v) is 15.4. The van der Waals surface area contributed by atoms with Crippen molar-refractivity contribution in [3.05, 3.63) is 41.7 Å². The van der Waals surface area contributed by atoms with Crippen LogP contribution >= 0.6 is 0 Å². The number of amides is 5. The molecule has 0 aliphatic carbocycles. The fraction of sp³-hybridized carbons (Fsp3) is 0.333. The monoisotopic (exact) mass is 370 g/mol. The Kier molecular flexibility index (Phi) is 5.11. The smallest absolute Gasteiger partial charge is 0.331 e. The molecule has 0 bridgehead atoms. The van der Waals surface area contributed by atoms with Gasteiger partial charge in [-0.2, -0.15) is 5.10 Å². The summed E-state index contributed by atoms with van der Waals surface area (Å²) in [6.45, 7) is 3.85. The first-order valence-corrected chi connectivity index (χ1v) is 8.60. The highest BCUT2D eigenvalue weighted by Crippen LogP contribution is 2.23. The van der Waals surface area contributed by atoms with E-state index in [4.69, 9.17) is 0 Å². The van der Waals surface area contributed by atoms with Crippen LogP contribution in [0, 0.1) is 6.92 Å². The molecule has 1 atom stereocenters. The topological polar surface area (TPSA) is 110 Å². The summed E-state index contributed by atoms with van der Waals surface area (Å²) in [7, 11) is 1.57. The summed E-state index contributed by atoms with van der Waals surface area (Å²) in [5, 5.41) is 12.6. The maximum atomic E-state index is 12.2. The molecule has 9 nitrogen and oxygen atoms in total. The second-order valence-corrected chi connectivity index (χ2v) is 6.66. The van der Waals surface area contributed by atoms with Gasteiger partial charge >= 0.3 is 12.1 Å². The second kappa shape index (κ2) is 7.48. The van der Waals surface area contributed by atoms with E-state index in [-0.39, 0.29) is 30.6 Å². The van der Waals surface area contributed by atoms with Crippen molar-refractivity contribution in [1.29, 1.82) is 0 Å². The highest BCUT2D eigenvalue weighted by Gasteiger charge is 2.34. The lowest BCUT2D eigenvalue weighted by atomic mass is 10.2. The van der Waals surface area contributed by atoms with Crippen LogP contribution in [0.25, 0.3) is 0 Å². The molecule has 0 spiro atoms. The van der Waals surface area contributed by atoms with E-state index in [2.05, 4.69) is 20.8 Å². The molecule has 27 heavy (non-hydrogen) atoms. The first-order valence-electron chi connectivity index (χ1n) is 8.60. The van der Waals surface area contributed by atoms with Crippen LogP contribution in [-0.4, -0.2) is 52.7 Å². The molecular formula is C18H22N6O3. The molecule has 1 aromatic heterocycles. The highest BCUT2D eigenvalue weighted by molar-refractivity contribution is 6.19. The fourth-order valence-corrected chi connectivity index (χ4v) is 2.93. The second-order valence-electron chi connectivity index (χ2n) is 6.66. The summed E-state index contributed by atoms with van der Waals surface area (Å²) in [5.74, 6) is -0.299. The van der Waals surface area contributed by atoms with Gasteiger partial charge in [0, 0.05) is 30.9 Å². The van der Waals surface area contributed by atoms with Gasteiger partial charge in [-0.15, -0.1) is 0 Å². The molecule has 9 heteroatoms. The molecule has 1 fully saturated rings. The average Bonchev–Trinajstić information content (AvgIpc) is 3.10. The number of anilines is 2. The number of benzene rings is 1. The van der Waals surface area contributed by atoms with E-state index in [0.29, 0.717) is 17.8 Å². The maximum Gasteiger partial charge on any atom is 0.331 e. The van der Waals surface area contributed by atoms with E-state index in [1.54, 1.807) is 31.3 Å². The molecular weight excluding hydrogens is 348 g/mol. The number of nitrogens with zero attached hydrogens (tertiary/aromatic N) is 3. The summed E-state index contributed by atoms with van der Waals surface area (Å²) >= 11 is 0.